The second kappa shape index (κ2) is 10.0. The molecule has 0 amide bonds. The first-order valence-corrected chi connectivity index (χ1v) is 12.7. The van der Waals surface area contributed by atoms with Crippen LogP contribution in [0, 0.1) is 0 Å². The number of anilines is 1. The Bertz CT molecular complexity index is 1710. The Labute approximate surface area is 213 Å². The molecule has 9 nitrogen and oxygen atoms in total. The molecule has 0 spiro atoms. The number of nitrogens with one attached hydrogen (secondary N) is 1. The largest absolute Gasteiger partial charge is 0.858 e. The van der Waals surface area contributed by atoms with Crippen molar-refractivity contribution >= 4 is 38.5 Å². The summed E-state index contributed by atoms with van der Waals surface area (Å²) in [6.07, 6.45) is 3.26. The minimum absolute atomic E-state index is 0.0335. The molecule has 1 N–H and O–H groups in total. The first-order chi connectivity index (χ1) is 17.9. The van der Waals surface area contributed by atoms with Crippen LogP contribution in [0.1, 0.15) is 5.56 Å². The van der Waals surface area contributed by atoms with E-state index in [9.17, 15) is 13.5 Å². The Balaban J connectivity index is 1.57. The Morgan fingerprint density at radius 1 is 0.892 bits per heavy atom. The van der Waals surface area contributed by atoms with Gasteiger partial charge < -0.3 is 9.84 Å². The molecule has 5 rings (SSSR count). The zero-order valence-corrected chi connectivity index (χ0v) is 20.5. The fraction of sp³-hybridized carbons (Fsp3) is 0.0370. The maximum Gasteiger partial charge on any atom is 0.372 e. The summed E-state index contributed by atoms with van der Waals surface area (Å²) in [6, 6.07) is 25.1. The highest BCUT2D eigenvalue weighted by atomic mass is 32.2. The van der Waals surface area contributed by atoms with E-state index in [0.29, 0.717) is 28.0 Å². The maximum atomic E-state index is 13.1. The van der Waals surface area contributed by atoms with E-state index in [0.717, 1.165) is 0 Å². The minimum atomic E-state index is -3.94. The van der Waals surface area contributed by atoms with Gasteiger partial charge in [0.1, 0.15) is 23.2 Å². The zero-order chi connectivity index (χ0) is 25.8. The normalized spacial score (nSPS) is 11.9. The third-order valence-corrected chi connectivity index (χ3v) is 6.79. The highest BCUT2D eigenvalue weighted by molar-refractivity contribution is 7.92. The van der Waals surface area contributed by atoms with Crippen molar-refractivity contribution in [3.05, 3.63) is 109 Å². The van der Waals surface area contributed by atoms with E-state index < -0.39 is 15.9 Å². The van der Waals surface area contributed by atoms with Gasteiger partial charge in [0, 0.05) is 0 Å². The number of aliphatic imine (C=N–C) groups is 1. The summed E-state index contributed by atoms with van der Waals surface area (Å²) in [7, 11) is -2.39. The Kier molecular flexibility index (Phi) is 6.48. The molecule has 2 heterocycles. The monoisotopic (exact) mass is 511 g/mol. The van der Waals surface area contributed by atoms with Gasteiger partial charge in [-0.2, -0.15) is 4.57 Å². The van der Waals surface area contributed by atoms with Gasteiger partial charge in [-0.3, -0.25) is 9.71 Å². The van der Waals surface area contributed by atoms with Crippen molar-refractivity contribution in [2.24, 2.45) is 4.99 Å². The third kappa shape index (κ3) is 5.24. The van der Waals surface area contributed by atoms with Crippen LogP contribution in [0.4, 0.5) is 11.5 Å². The number of rotatable bonds is 7. The molecule has 184 valence electrons. The molecule has 0 unspecified atom stereocenters. The van der Waals surface area contributed by atoms with Gasteiger partial charge in [-0.1, -0.05) is 42.5 Å². The van der Waals surface area contributed by atoms with E-state index in [2.05, 4.69) is 19.7 Å². The number of fused-ring (bicyclic) bond motifs is 1. The van der Waals surface area contributed by atoms with Crippen molar-refractivity contribution in [1.29, 1.82) is 0 Å². The van der Waals surface area contributed by atoms with E-state index >= 15 is 0 Å². The van der Waals surface area contributed by atoms with E-state index in [1.807, 2.05) is 6.07 Å². The van der Waals surface area contributed by atoms with Crippen molar-refractivity contribution in [1.82, 2.24) is 9.97 Å². The van der Waals surface area contributed by atoms with Crippen molar-refractivity contribution < 1.29 is 22.8 Å². The second-order valence-electron chi connectivity index (χ2n) is 7.92. The minimum Gasteiger partial charge on any atom is -0.858 e. The second-order valence-corrected chi connectivity index (χ2v) is 9.60. The van der Waals surface area contributed by atoms with Crippen LogP contribution in [0.15, 0.2) is 113 Å². The van der Waals surface area contributed by atoms with Gasteiger partial charge in [-0.25, -0.2) is 13.4 Å². The molecule has 0 radical (unpaired) electrons. The smallest absolute Gasteiger partial charge is 0.372 e. The number of methoxy groups -OCH3 is 1. The number of sulfonamides is 1. The summed E-state index contributed by atoms with van der Waals surface area (Å²) in [5.41, 5.74) is 1.85. The first-order valence-electron chi connectivity index (χ1n) is 11.2. The van der Waals surface area contributed by atoms with Gasteiger partial charge in [0.15, 0.2) is 0 Å². The van der Waals surface area contributed by atoms with Gasteiger partial charge >= 0.3 is 5.82 Å². The molecule has 37 heavy (non-hydrogen) atoms. The molecular formula is C27H21N5O4S. The summed E-state index contributed by atoms with van der Waals surface area (Å²) in [4.78, 5) is 13.5. The highest BCUT2D eigenvalue weighted by Gasteiger charge is 2.25. The van der Waals surface area contributed by atoms with Gasteiger partial charge in [-0.05, 0) is 65.0 Å². The van der Waals surface area contributed by atoms with E-state index in [4.69, 9.17) is 4.74 Å². The molecule has 2 aromatic heterocycles. The van der Waals surface area contributed by atoms with Crippen molar-refractivity contribution in [3.63, 3.8) is 0 Å². The molecule has 0 saturated heterocycles. The number of benzene rings is 3. The highest BCUT2D eigenvalue weighted by Crippen LogP contribution is 2.22. The lowest BCUT2D eigenvalue weighted by atomic mass is 10.2. The number of para-hydroxylation sites is 2. The molecule has 3 aromatic carbocycles. The van der Waals surface area contributed by atoms with Gasteiger partial charge in [0.25, 0.3) is 10.0 Å². The fourth-order valence-corrected chi connectivity index (χ4v) is 4.63. The number of pyridine rings is 1. The average molecular weight is 512 g/mol. The summed E-state index contributed by atoms with van der Waals surface area (Å²) in [6.45, 7) is 0. The molecule has 0 aliphatic rings. The molecule has 0 fully saturated rings. The standard InChI is InChI=1S/C27H21N5O4S/c1-36-21-15-13-19(14-16-21)27(33)28-20-8-7-17-32(18-20)26-25(29-23-11-5-6-12-24(23)30-26)31-37(34,35)22-9-3-2-4-10-22/h2-18H,1H3,(H-,28,29,31,33). The predicted molar refractivity (Wildman–Crippen MR) is 138 cm³/mol. The third-order valence-electron chi connectivity index (χ3n) is 5.43. The topological polar surface area (TPSA) is 120 Å². The van der Waals surface area contributed by atoms with E-state index in [1.165, 1.54) is 12.1 Å². The molecule has 0 aliphatic heterocycles. The molecule has 5 aromatic rings. The predicted octanol–water partition coefficient (Wildman–Crippen LogP) is 3.15. The van der Waals surface area contributed by atoms with Crippen LogP contribution in [0.25, 0.3) is 16.9 Å². The Hall–Kier alpha value is -4.83. The number of nitrogens with zero attached hydrogens (tertiary/aromatic N) is 4. The summed E-state index contributed by atoms with van der Waals surface area (Å²) >= 11 is 0. The van der Waals surface area contributed by atoms with E-state index in [-0.39, 0.29) is 16.5 Å². The van der Waals surface area contributed by atoms with Crippen molar-refractivity contribution in [2.45, 2.75) is 4.90 Å². The van der Waals surface area contributed by atoms with Crippen LogP contribution >= 0.6 is 0 Å². The lowest BCUT2D eigenvalue weighted by Gasteiger charge is -2.12. The van der Waals surface area contributed by atoms with Crippen LogP contribution < -0.4 is 19.1 Å². The molecule has 0 atom stereocenters. The molecule has 10 heteroatoms. The summed E-state index contributed by atoms with van der Waals surface area (Å²) in [5, 5.41) is 12.7. The van der Waals surface area contributed by atoms with Gasteiger partial charge in [-0.15, -0.1) is 0 Å². The van der Waals surface area contributed by atoms with E-state index in [1.54, 1.807) is 96.9 Å². The SMILES string of the molecule is COc1ccc(C([O-])=Nc2ccc[n+](-c3nc4ccccc4nc3NS(=O)(=O)c3ccccc3)c2)cc1. The Morgan fingerprint density at radius 2 is 1.57 bits per heavy atom. The average Bonchev–Trinajstić information content (AvgIpc) is 2.93. The van der Waals surface area contributed by atoms with Crippen LogP contribution in [0.3, 0.4) is 0 Å². The number of hydrogen-bond acceptors (Lipinski definition) is 7. The van der Waals surface area contributed by atoms with Gasteiger partial charge in [0.05, 0.1) is 18.2 Å². The molecule has 0 bridgehead atoms. The Morgan fingerprint density at radius 3 is 2.27 bits per heavy atom. The zero-order valence-electron chi connectivity index (χ0n) is 19.6. The number of hydrogen-bond donors (Lipinski definition) is 1. The van der Waals surface area contributed by atoms with Crippen LogP contribution in [0.2, 0.25) is 0 Å². The molecular weight excluding hydrogens is 490 g/mol. The molecule has 0 saturated carbocycles. The fourth-order valence-electron chi connectivity index (χ4n) is 3.60. The lowest BCUT2D eigenvalue weighted by Crippen LogP contribution is -2.33. The van der Waals surface area contributed by atoms with Crippen molar-refractivity contribution in [3.8, 4) is 11.6 Å². The first kappa shape index (κ1) is 23.9. The lowest BCUT2D eigenvalue weighted by molar-refractivity contribution is -0.598. The van der Waals surface area contributed by atoms with Crippen LogP contribution in [0.5, 0.6) is 5.75 Å². The quantitative estimate of drug-likeness (QED) is 0.204. The van der Waals surface area contributed by atoms with Crippen LogP contribution in [-0.2, 0) is 10.0 Å². The number of aromatic nitrogens is 3. The maximum absolute atomic E-state index is 13.1. The van der Waals surface area contributed by atoms with Gasteiger partial charge in [0.2, 0.25) is 11.3 Å². The van der Waals surface area contributed by atoms with Crippen molar-refractivity contribution in [2.75, 3.05) is 11.8 Å². The van der Waals surface area contributed by atoms with Crippen LogP contribution in [-0.4, -0.2) is 31.4 Å². The summed E-state index contributed by atoms with van der Waals surface area (Å²) in [5.74, 6) is 0.461. The number of ether oxygens (including phenoxy) is 1. The molecule has 0 aliphatic carbocycles. The summed E-state index contributed by atoms with van der Waals surface area (Å²) < 4.78 is 35.4.